The van der Waals surface area contributed by atoms with Crippen molar-refractivity contribution in [3.8, 4) is 0 Å². The molecule has 0 saturated carbocycles. The van der Waals surface area contributed by atoms with Gasteiger partial charge in [-0.25, -0.2) is 4.39 Å². The highest BCUT2D eigenvalue weighted by Gasteiger charge is 2.36. The van der Waals surface area contributed by atoms with Gasteiger partial charge >= 0.3 is 0 Å². The molecule has 1 amide bonds. The Bertz CT molecular complexity index is 849. The Hall–Kier alpha value is -2.89. The topological polar surface area (TPSA) is 70.8 Å². The average Bonchev–Trinajstić information content (AvgIpc) is 3.15. The molecule has 1 N–H and O–H groups in total. The lowest BCUT2D eigenvalue weighted by molar-refractivity contribution is -0.129. The maximum absolute atomic E-state index is 12.9. The van der Waals surface area contributed by atoms with Gasteiger partial charge in [0.2, 0.25) is 5.78 Å². The summed E-state index contributed by atoms with van der Waals surface area (Å²) < 4.78 is 18.5. The van der Waals surface area contributed by atoms with Gasteiger partial charge < -0.3 is 14.4 Å². The van der Waals surface area contributed by atoms with Gasteiger partial charge in [0.15, 0.2) is 11.5 Å². The van der Waals surface area contributed by atoms with Crippen molar-refractivity contribution < 1.29 is 23.5 Å². The van der Waals surface area contributed by atoms with Crippen molar-refractivity contribution in [2.75, 3.05) is 6.54 Å². The molecule has 25 heavy (non-hydrogen) atoms. The van der Waals surface area contributed by atoms with Crippen LogP contribution < -0.4 is 0 Å². The highest BCUT2D eigenvalue weighted by Crippen LogP contribution is 2.24. The molecule has 2 aromatic rings. The summed E-state index contributed by atoms with van der Waals surface area (Å²) in [6.07, 6.45) is 0.412. The average molecular weight is 343 g/mol. The van der Waals surface area contributed by atoms with Crippen LogP contribution in [0.5, 0.6) is 0 Å². The van der Waals surface area contributed by atoms with E-state index >= 15 is 0 Å². The van der Waals surface area contributed by atoms with Crippen molar-refractivity contribution in [1.29, 1.82) is 0 Å². The van der Waals surface area contributed by atoms with Crippen molar-refractivity contribution in [3.63, 3.8) is 0 Å². The fourth-order valence-electron chi connectivity index (χ4n) is 2.73. The zero-order valence-electron chi connectivity index (χ0n) is 14.0. The van der Waals surface area contributed by atoms with Crippen LogP contribution >= 0.6 is 0 Å². The van der Waals surface area contributed by atoms with Crippen LogP contribution in [-0.4, -0.2) is 34.3 Å². The number of hydrogen-bond donors (Lipinski definition) is 1. The van der Waals surface area contributed by atoms with Crippen molar-refractivity contribution in [3.05, 3.63) is 70.6 Å². The number of rotatable bonds is 5. The van der Waals surface area contributed by atoms with Gasteiger partial charge in [0.05, 0.1) is 12.1 Å². The molecule has 1 aromatic carbocycles. The van der Waals surface area contributed by atoms with E-state index in [1.807, 2.05) is 13.8 Å². The Balaban J connectivity index is 1.77. The molecular weight excluding hydrogens is 325 g/mol. The van der Waals surface area contributed by atoms with E-state index < -0.39 is 17.4 Å². The normalized spacial score (nSPS) is 14.7. The third-order valence-corrected chi connectivity index (χ3v) is 4.15. The predicted molar refractivity (Wildman–Crippen MR) is 88.7 cm³/mol. The van der Waals surface area contributed by atoms with Crippen molar-refractivity contribution in [2.24, 2.45) is 0 Å². The molecule has 130 valence electrons. The first-order chi connectivity index (χ1) is 11.9. The minimum atomic E-state index is -0.545. The van der Waals surface area contributed by atoms with E-state index in [-0.39, 0.29) is 29.7 Å². The molecule has 1 aromatic heterocycles. The molecule has 0 bridgehead atoms. The summed E-state index contributed by atoms with van der Waals surface area (Å²) in [5.74, 6) is -1.27. The smallest absolute Gasteiger partial charge is 0.289 e. The van der Waals surface area contributed by atoms with Gasteiger partial charge in [-0.05, 0) is 43.7 Å². The van der Waals surface area contributed by atoms with E-state index in [0.29, 0.717) is 12.2 Å². The highest BCUT2D eigenvalue weighted by atomic mass is 19.1. The maximum atomic E-state index is 12.9. The summed E-state index contributed by atoms with van der Waals surface area (Å²) in [7, 11) is 0. The molecule has 0 atom stereocenters. The minimum absolute atomic E-state index is 0.0429. The first kappa shape index (κ1) is 17.0. The Morgan fingerprint density at radius 3 is 2.52 bits per heavy atom. The fraction of sp³-hybridized carbons (Fsp3) is 0.263. The maximum Gasteiger partial charge on any atom is 0.289 e. The number of ketones is 1. The van der Waals surface area contributed by atoms with Crippen LogP contribution in [0.2, 0.25) is 0 Å². The fourth-order valence-corrected chi connectivity index (χ4v) is 2.73. The number of benzene rings is 1. The monoisotopic (exact) mass is 343 g/mol. The number of furan rings is 1. The first-order valence-electron chi connectivity index (χ1n) is 7.97. The third-order valence-electron chi connectivity index (χ3n) is 4.15. The van der Waals surface area contributed by atoms with E-state index in [9.17, 15) is 19.1 Å². The van der Waals surface area contributed by atoms with Crippen molar-refractivity contribution in [1.82, 2.24) is 4.90 Å². The van der Waals surface area contributed by atoms with Crippen LogP contribution in [-0.2, 0) is 11.2 Å². The number of carbonyl (C=O) groups excluding carboxylic acids is 2. The Morgan fingerprint density at radius 2 is 1.92 bits per heavy atom. The Morgan fingerprint density at radius 1 is 1.24 bits per heavy atom. The molecule has 1 aliphatic rings. The second-order valence-corrected chi connectivity index (χ2v) is 6.25. The zero-order chi connectivity index (χ0) is 18.1. The largest absolute Gasteiger partial charge is 0.503 e. The van der Waals surface area contributed by atoms with Gasteiger partial charge in [0.1, 0.15) is 11.6 Å². The number of carbonyl (C=O) groups is 2. The molecule has 0 unspecified atom stereocenters. The summed E-state index contributed by atoms with van der Waals surface area (Å²) >= 11 is 0. The van der Waals surface area contributed by atoms with Crippen LogP contribution in [0.25, 0.3) is 0 Å². The standard InChI is InChI=1S/C19H18FNO4/c1-11(2)21-10-15(18(23)19(21)24)17(22)16-8-7-14(25-16)9-12-3-5-13(20)6-4-12/h3-8,11,23H,9-10H2,1-2H3. The summed E-state index contributed by atoms with van der Waals surface area (Å²) in [6, 6.07) is 9.06. The van der Waals surface area contributed by atoms with Crippen LogP contribution in [0.1, 0.15) is 35.7 Å². The lowest BCUT2D eigenvalue weighted by Gasteiger charge is -2.20. The van der Waals surface area contributed by atoms with Crippen LogP contribution in [0.3, 0.4) is 0 Å². The minimum Gasteiger partial charge on any atom is -0.503 e. The van der Waals surface area contributed by atoms with Gasteiger partial charge in [-0.2, -0.15) is 0 Å². The molecule has 5 nitrogen and oxygen atoms in total. The van der Waals surface area contributed by atoms with Gasteiger partial charge in [-0.15, -0.1) is 0 Å². The number of aliphatic hydroxyl groups excluding tert-OH is 1. The molecule has 0 saturated heterocycles. The summed E-state index contributed by atoms with van der Waals surface area (Å²) in [5, 5.41) is 9.97. The van der Waals surface area contributed by atoms with Gasteiger partial charge in [0, 0.05) is 12.5 Å². The third kappa shape index (κ3) is 3.33. The Kier molecular flexibility index (Phi) is 4.44. The number of amides is 1. The van der Waals surface area contributed by atoms with Crippen LogP contribution in [0.4, 0.5) is 4.39 Å². The van der Waals surface area contributed by atoms with Crippen LogP contribution in [0.15, 0.2) is 52.1 Å². The molecular formula is C19H18FNO4. The molecule has 2 heterocycles. The molecule has 0 radical (unpaired) electrons. The second-order valence-electron chi connectivity index (χ2n) is 6.25. The SMILES string of the molecule is CC(C)N1CC(C(=O)c2ccc(Cc3ccc(F)cc3)o2)=C(O)C1=O. The summed E-state index contributed by atoms with van der Waals surface area (Å²) in [6.45, 7) is 3.69. The molecule has 3 rings (SSSR count). The quantitative estimate of drug-likeness (QED) is 0.846. The van der Waals surface area contributed by atoms with Gasteiger partial charge in [-0.3, -0.25) is 9.59 Å². The number of Topliss-reactive ketones (excluding diaryl/α,β-unsaturated/α-hetero) is 1. The van der Waals surface area contributed by atoms with E-state index in [2.05, 4.69) is 0 Å². The molecule has 1 aliphatic heterocycles. The van der Waals surface area contributed by atoms with Gasteiger partial charge in [0.25, 0.3) is 5.91 Å². The van der Waals surface area contributed by atoms with Gasteiger partial charge in [-0.1, -0.05) is 12.1 Å². The molecule has 0 spiro atoms. The highest BCUT2D eigenvalue weighted by molar-refractivity contribution is 6.14. The molecule has 0 fully saturated rings. The van der Waals surface area contributed by atoms with E-state index in [1.165, 1.54) is 23.1 Å². The van der Waals surface area contributed by atoms with E-state index in [4.69, 9.17) is 4.42 Å². The number of halogens is 1. The Labute approximate surface area is 144 Å². The van der Waals surface area contributed by atoms with Crippen LogP contribution in [0, 0.1) is 5.82 Å². The number of hydrogen-bond acceptors (Lipinski definition) is 4. The lowest BCUT2D eigenvalue weighted by atomic mass is 10.1. The predicted octanol–water partition coefficient (Wildman–Crippen LogP) is 3.25. The second kappa shape index (κ2) is 6.55. The summed E-state index contributed by atoms with van der Waals surface area (Å²) in [4.78, 5) is 25.9. The molecule has 6 heteroatoms. The number of aliphatic hydroxyl groups is 1. The van der Waals surface area contributed by atoms with Crippen molar-refractivity contribution in [2.45, 2.75) is 26.3 Å². The number of nitrogens with zero attached hydrogens (tertiary/aromatic N) is 1. The lowest BCUT2D eigenvalue weighted by Crippen LogP contribution is -2.34. The van der Waals surface area contributed by atoms with E-state index in [0.717, 1.165) is 5.56 Å². The zero-order valence-corrected chi connectivity index (χ0v) is 14.0. The molecule has 0 aliphatic carbocycles. The van der Waals surface area contributed by atoms with E-state index in [1.54, 1.807) is 18.2 Å². The summed E-state index contributed by atoms with van der Waals surface area (Å²) in [5.41, 5.74) is 0.889. The van der Waals surface area contributed by atoms with Crippen molar-refractivity contribution >= 4 is 11.7 Å². The first-order valence-corrected chi connectivity index (χ1v) is 7.97.